The fourth-order valence-corrected chi connectivity index (χ4v) is 2.92. The number of halogens is 1. The first-order valence-electron chi connectivity index (χ1n) is 7.63. The third-order valence-electron chi connectivity index (χ3n) is 4.49. The van der Waals surface area contributed by atoms with Gasteiger partial charge in [0, 0.05) is 19.3 Å². The van der Waals surface area contributed by atoms with E-state index in [2.05, 4.69) is 12.0 Å². The molecule has 1 unspecified atom stereocenters. The Morgan fingerprint density at radius 2 is 2.04 bits per heavy atom. The standard InChI is InChI=1S/C17H22N4O.ClH/c1-13-15(10-21(19-13)14-6-4-3-5-7-14)16(22)20-9-8-17(2,11-18)12-20;/h3-7,10H,8-9,11-12,18H2,1-2H3;1H. The Balaban J connectivity index is 0.00000192. The average Bonchev–Trinajstić information content (AvgIpc) is 3.12. The lowest BCUT2D eigenvalue weighted by molar-refractivity contribution is 0.0776. The molecular formula is C17H23ClN4O. The minimum atomic E-state index is 0. The van der Waals surface area contributed by atoms with Crippen molar-refractivity contribution in [3.63, 3.8) is 0 Å². The van der Waals surface area contributed by atoms with Gasteiger partial charge in [0.1, 0.15) is 0 Å². The van der Waals surface area contributed by atoms with Gasteiger partial charge >= 0.3 is 0 Å². The molecule has 2 N–H and O–H groups in total. The number of hydrogen-bond acceptors (Lipinski definition) is 3. The van der Waals surface area contributed by atoms with Crippen molar-refractivity contribution in [2.45, 2.75) is 20.3 Å². The number of carbonyl (C=O) groups is 1. The average molecular weight is 335 g/mol. The lowest BCUT2D eigenvalue weighted by Gasteiger charge is -2.22. The number of para-hydroxylation sites is 1. The van der Waals surface area contributed by atoms with E-state index in [1.807, 2.05) is 48.4 Å². The Morgan fingerprint density at radius 3 is 2.65 bits per heavy atom. The number of carbonyl (C=O) groups excluding carboxylic acids is 1. The van der Waals surface area contributed by atoms with Crippen LogP contribution in [0.4, 0.5) is 0 Å². The highest BCUT2D eigenvalue weighted by Gasteiger charge is 2.36. The summed E-state index contributed by atoms with van der Waals surface area (Å²) in [6.07, 6.45) is 2.78. The van der Waals surface area contributed by atoms with Crippen molar-refractivity contribution in [3.05, 3.63) is 47.8 Å². The van der Waals surface area contributed by atoms with Crippen molar-refractivity contribution in [2.75, 3.05) is 19.6 Å². The Kier molecular flexibility index (Phi) is 5.12. The molecule has 5 nitrogen and oxygen atoms in total. The molecule has 2 heterocycles. The van der Waals surface area contributed by atoms with Crippen LogP contribution in [0.2, 0.25) is 0 Å². The highest BCUT2D eigenvalue weighted by Crippen LogP contribution is 2.29. The number of amides is 1. The van der Waals surface area contributed by atoms with Gasteiger partial charge in [-0.1, -0.05) is 25.1 Å². The molecular weight excluding hydrogens is 312 g/mol. The van der Waals surface area contributed by atoms with Gasteiger partial charge in [-0.25, -0.2) is 4.68 Å². The van der Waals surface area contributed by atoms with Crippen molar-refractivity contribution in [2.24, 2.45) is 11.1 Å². The summed E-state index contributed by atoms with van der Waals surface area (Å²) in [5.74, 6) is 0.0526. The molecule has 1 aromatic heterocycles. The molecule has 1 amide bonds. The van der Waals surface area contributed by atoms with Crippen LogP contribution in [-0.2, 0) is 0 Å². The monoisotopic (exact) mass is 334 g/mol. The number of aryl methyl sites for hydroxylation is 1. The third-order valence-corrected chi connectivity index (χ3v) is 4.49. The van der Waals surface area contributed by atoms with Crippen LogP contribution >= 0.6 is 12.4 Å². The predicted octanol–water partition coefficient (Wildman–Crippen LogP) is 2.41. The van der Waals surface area contributed by atoms with Gasteiger partial charge in [-0.15, -0.1) is 12.4 Å². The number of nitrogens with zero attached hydrogens (tertiary/aromatic N) is 3. The molecule has 1 aromatic carbocycles. The third kappa shape index (κ3) is 3.41. The summed E-state index contributed by atoms with van der Waals surface area (Å²) in [4.78, 5) is 14.6. The maximum atomic E-state index is 12.7. The molecule has 1 aliphatic heterocycles. The van der Waals surface area contributed by atoms with Gasteiger partial charge in [-0.05, 0) is 37.4 Å². The largest absolute Gasteiger partial charge is 0.338 e. The van der Waals surface area contributed by atoms with E-state index in [1.54, 1.807) is 4.68 Å². The van der Waals surface area contributed by atoms with Crippen molar-refractivity contribution in [3.8, 4) is 5.69 Å². The SMILES string of the molecule is Cc1nn(-c2ccccc2)cc1C(=O)N1CCC(C)(CN)C1.Cl. The van der Waals surface area contributed by atoms with E-state index in [-0.39, 0.29) is 23.7 Å². The molecule has 0 radical (unpaired) electrons. The predicted molar refractivity (Wildman–Crippen MR) is 93.2 cm³/mol. The van der Waals surface area contributed by atoms with Crippen molar-refractivity contribution in [1.29, 1.82) is 0 Å². The van der Waals surface area contributed by atoms with E-state index in [0.717, 1.165) is 30.9 Å². The van der Waals surface area contributed by atoms with Crippen molar-refractivity contribution in [1.82, 2.24) is 14.7 Å². The van der Waals surface area contributed by atoms with Gasteiger partial charge < -0.3 is 10.6 Å². The number of rotatable bonds is 3. The first-order valence-corrected chi connectivity index (χ1v) is 7.63. The molecule has 0 bridgehead atoms. The van der Waals surface area contributed by atoms with Crippen LogP contribution in [0.15, 0.2) is 36.5 Å². The maximum Gasteiger partial charge on any atom is 0.257 e. The van der Waals surface area contributed by atoms with Crippen LogP contribution in [0.25, 0.3) is 5.69 Å². The Bertz CT molecular complexity index is 685. The summed E-state index contributed by atoms with van der Waals surface area (Å²) in [7, 11) is 0. The fourth-order valence-electron chi connectivity index (χ4n) is 2.92. The Morgan fingerprint density at radius 1 is 1.35 bits per heavy atom. The number of aromatic nitrogens is 2. The summed E-state index contributed by atoms with van der Waals surface area (Å²) in [5.41, 5.74) is 8.25. The first kappa shape index (κ1) is 17.5. The fraction of sp³-hybridized carbons (Fsp3) is 0.412. The molecule has 1 aliphatic rings. The van der Waals surface area contributed by atoms with Crippen LogP contribution in [0, 0.1) is 12.3 Å². The second-order valence-corrected chi connectivity index (χ2v) is 6.40. The van der Waals surface area contributed by atoms with E-state index < -0.39 is 0 Å². The van der Waals surface area contributed by atoms with Crippen molar-refractivity contribution < 1.29 is 4.79 Å². The minimum Gasteiger partial charge on any atom is -0.338 e. The van der Waals surface area contributed by atoms with E-state index >= 15 is 0 Å². The van der Waals surface area contributed by atoms with E-state index in [9.17, 15) is 4.79 Å². The number of benzene rings is 1. The minimum absolute atomic E-state index is 0. The zero-order valence-electron chi connectivity index (χ0n) is 13.5. The van der Waals surface area contributed by atoms with Gasteiger partial charge in [-0.3, -0.25) is 4.79 Å². The zero-order valence-corrected chi connectivity index (χ0v) is 14.3. The van der Waals surface area contributed by atoms with E-state index in [4.69, 9.17) is 5.73 Å². The number of nitrogens with two attached hydrogens (primary N) is 1. The molecule has 23 heavy (non-hydrogen) atoms. The van der Waals surface area contributed by atoms with Crippen LogP contribution < -0.4 is 5.73 Å². The van der Waals surface area contributed by atoms with E-state index in [1.165, 1.54) is 0 Å². The second kappa shape index (κ2) is 6.72. The van der Waals surface area contributed by atoms with Crippen LogP contribution in [-0.4, -0.2) is 40.2 Å². The molecule has 3 rings (SSSR count). The Labute approximate surface area is 142 Å². The summed E-state index contributed by atoms with van der Waals surface area (Å²) in [6.45, 7) is 6.12. The molecule has 0 aliphatic carbocycles. The Hall–Kier alpha value is -1.85. The highest BCUT2D eigenvalue weighted by molar-refractivity contribution is 5.95. The normalized spacial score (nSPS) is 20.4. The summed E-state index contributed by atoms with van der Waals surface area (Å²) >= 11 is 0. The van der Waals surface area contributed by atoms with Gasteiger partial charge in [0.25, 0.3) is 5.91 Å². The lowest BCUT2D eigenvalue weighted by Crippen LogP contribution is -2.34. The molecule has 6 heteroatoms. The van der Waals surface area contributed by atoms with Crippen molar-refractivity contribution >= 4 is 18.3 Å². The smallest absolute Gasteiger partial charge is 0.257 e. The van der Waals surface area contributed by atoms with Gasteiger partial charge in [0.05, 0.1) is 16.9 Å². The maximum absolute atomic E-state index is 12.7. The molecule has 1 atom stereocenters. The van der Waals surface area contributed by atoms with E-state index in [0.29, 0.717) is 12.1 Å². The topological polar surface area (TPSA) is 64.2 Å². The summed E-state index contributed by atoms with van der Waals surface area (Å²) < 4.78 is 1.76. The molecule has 2 aromatic rings. The number of hydrogen-bond donors (Lipinski definition) is 1. The zero-order chi connectivity index (χ0) is 15.7. The molecule has 1 fully saturated rings. The van der Waals surface area contributed by atoms with Gasteiger partial charge in [0.15, 0.2) is 0 Å². The quantitative estimate of drug-likeness (QED) is 0.937. The molecule has 0 spiro atoms. The molecule has 124 valence electrons. The number of likely N-dealkylation sites (tertiary alicyclic amines) is 1. The second-order valence-electron chi connectivity index (χ2n) is 6.40. The van der Waals surface area contributed by atoms with Crippen LogP contribution in [0.5, 0.6) is 0 Å². The van der Waals surface area contributed by atoms with Crippen LogP contribution in [0.3, 0.4) is 0 Å². The summed E-state index contributed by atoms with van der Waals surface area (Å²) in [5, 5.41) is 4.47. The van der Waals surface area contributed by atoms with Gasteiger partial charge in [0.2, 0.25) is 0 Å². The molecule has 0 saturated carbocycles. The first-order chi connectivity index (χ1) is 10.5. The summed E-state index contributed by atoms with van der Waals surface area (Å²) in [6, 6.07) is 9.83. The van der Waals surface area contributed by atoms with Gasteiger partial charge in [-0.2, -0.15) is 5.10 Å². The van der Waals surface area contributed by atoms with Crippen LogP contribution in [0.1, 0.15) is 29.4 Å². The lowest BCUT2D eigenvalue weighted by atomic mass is 9.90. The molecule has 1 saturated heterocycles. The highest BCUT2D eigenvalue weighted by atomic mass is 35.5.